The van der Waals surface area contributed by atoms with Crippen molar-refractivity contribution in [1.82, 2.24) is 5.32 Å². The number of carbonyl (C=O) groups is 2. The Labute approximate surface area is 165 Å². The topological polar surface area (TPSA) is 81.4 Å². The highest BCUT2D eigenvalue weighted by Crippen LogP contribution is 2.61. The number of nitrogens with two attached hydrogens (primary N) is 1. The van der Waals surface area contributed by atoms with Crippen LogP contribution in [0.25, 0.3) is 0 Å². The van der Waals surface area contributed by atoms with Gasteiger partial charge in [0.15, 0.2) is 6.61 Å². The van der Waals surface area contributed by atoms with E-state index >= 15 is 0 Å². The molecule has 0 unspecified atom stereocenters. The number of ether oxygens (including phenoxy) is 1. The lowest BCUT2D eigenvalue weighted by molar-refractivity contribution is -0.128. The first-order chi connectivity index (χ1) is 12.8. The van der Waals surface area contributed by atoms with Gasteiger partial charge in [-0.25, -0.2) is 4.79 Å². The van der Waals surface area contributed by atoms with Crippen molar-refractivity contribution in [3.8, 4) is 0 Å². The molecule has 1 atom stereocenters. The lowest BCUT2D eigenvalue weighted by Crippen LogP contribution is -2.56. The van der Waals surface area contributed by atoms with E-state index in [9.17, 15) is 9.59 Å². The van der Waals surface area contributed by atoms with Crippen molar-refractivity contribution in [2.75, 3.05) is 12.3 Å². The smallest absolute Gasteiger partial charge is 0.338 e. The Morgan fingerprint density at radius 3 is 2.37 bits per heavy atom. The normalized spacial score (nSPS) is 32.1. The maximum Gasteiger partial charge on any atom is 0.338 e. The van der Waals surface area contributed by atoms with Crippen LogP contribution in [0.2, 0.25) is 5.02 Å². The summed E-state index contributed by atoms with van der Waals surface area (Å²) in [6.45, 7) is 1.84. The van der Waals surface area contributed by atoms with E-state index in [0.717, 1.165) is 17.8 Å². The third-order valence-electron chi connectivity index (χ3n) is 6.95. The third kappa shape index (κ3) is 3.66. The number of amides is 1. The quantitative estimate of drug-likeness (QED) is 0.591. The van der Waals surface area contributed by atoms with Gasteiger partial charge in [0.2, 0.25) is 0 Å². The van der Waals surface area contributed by atoms with E-state index in [-0.39, 0.29) is 24.0 Å². The molecule has 4 bridgehead atoms. The van der Waals surface area contributed by atoms with Crippen LogP contribution in [0.3, 0.4) is 0 Å². The van der Waals surface area contributed by atoms with E-state index in [1.807, 2.05) is 0 Å². The average Bonchev–Trinajstić information content (AvgIpc) is 2.61. The molecule has 146 valence electrons. The Kier molecular flexibility index (Phi) is 4.83. The summed E-state index contributed by atoms with van der Waals surface area (Å²) in [5, 5.41) is 3.49. The number of hydrogen-bond acceptors (Lipinski definition) is 4. The van der Waals surface area contributed by atoms with Gasteiger partial charge in [0.25, 0.3) is 5.91 Å². The van der Waals surface area contributed by atoms with Crippen LogP contribution in [0, 0.1) is 23.2 Å². The number of anilines is 1. The molecule has 5 rings (SSSR count). The molecule has 4 saturated carbocycles. The standard InChI is InChI=1S/C21H27ClN2O3/c1-12(21-8-13-4-14(9-21)6-15(5-13)10-21)24-19(25)11-27-20(26)16-2-3-17(22)18(23)7-16/h2-3,7,12-15H,4-6,8-11,23H2,1H3,(H,24,25)/t12-,13?,14?,15?,21?/m1/s1. The van der Waals surface area contributed by atoms with Gasteiger partial charge in [-0.3, -0.25) is 4.79 Å². The largest absolute Gasteiger partial charge is 0.452 e. The van der Waals surface area contributed by atoms with Crippen molar-refractivity contribution in [3.63, 3.8) is 0 Å². The monoisotopic (exact) mass is 390 g/mol. The van der Waals surface area contributed by atoms with E-state index in [0.29, 0.717) is 16.3 Å². The van der Waals surface area contributed by atoms with Gasteiger partial charge >= 0.3 is 5.97 Å². The zero-order chi connectivity index (χ0) is 19.2. The van der Waals surface area contributed by atoms with Crippen LogP contribution in [0.4, 0.5) is 5.69 Å². The molecule has 1 aromatic carbocycles. The lowest BCUT2D eigenvalue weighted by atomic mass is 9.48. The fourth-order valence-corrected chi connectivity index (χ4v) is 6.15. The van der Waals surface area contributed by atoms with E-state index < -0.39 is 5.97 Å². The fraction of sp³-hybridized carbons (Fsp3) is 0.619. The van der Waals surface area contributed by atoms with Gasteiger partial charge in [-0.2, -0.15) is 0 Å². The van der Waals surface area contributed by atoms with E-state index in [1.54, 1.807) is 6.07 Å². The van der Waals surface area contributed by atoms with Crippen molar-refractivity contribution < 1.29 is 14.3 Å². The zero-order valence-corrected chi connectivity index (χ0v) is 16.4. The predicted octanol–water partition coefficient (Wildman–Crippen LogP) is 3.80. The number of nitrogen functional groups attached to an aromatic ring is 1. The molecule has 0 aromatic heterocycles. The van der Waals surface area contributed by atoms with Crippen LogP contribution >= 0.6 is 11.6 Å². The highest BCUT2D eigenvalue weighted by molar-refractivity contribution is 6.33. The average molecular weight is 391 g/mol. The first-order valence-corrected chi connectivity index (χ1v) is 10.2. The van der Waals surface area contributed by atoms with Gasteiger partial charge in [0.1, 0.15) is 0 Å². The minimum Gasteiger partial charge on any atom is -0.452 e. The number of rotatable bonds is 5. The number of esters is 1. The summed E-state index contributed by atoms with van der Waals surface area (Å²) in [6.07, 6.45) is 7.81. The van der Waals surface area contributed by atoms with Crippen molar-refractivity contribution in [2.24, 2.45) is 23.2 Å². The van der Waals surface area contributed by atoms with Crippen LogP contribution in [0.5, 0.6) is 0 Å². The van der Waals surface area contributed by atoms with Crippen molar-refractivity contribution in [2.45, 2.75) is 51.5 Å². The molecule has 1 amide bonds. The molecule has 1 aromatic rings. The van der Waals surface area contributed by atoms with Crippen LogP contribution < -0.4 is 11.1 Å². The number of carbonyl (C=O) groups excluding carboxylic acids is 2. The summed E-state index contributed by atoms with van der Waals surface area (Å²) < 4.78 is 5.15. The van der Waals surface area contributed by atoms with Crippen LogP contribution in [0.15, 0.2) is 18.2 Å². The summed E-state index contributed by atoms with van der Waals surface area (Å²) in [5.41, 5.74) is 6.54. The zero-order valence-electron chi connectivity index (χ0n) is 15.7. The summed E-state index contributed by atoms with van der Waals surface area (Å²) in [7, 11) is 0. The molecule has 4 aliphatic carbocycles. The highest BCUT2D eigenvalue weighted by Gasteiger charge is 2.53. The number of halogens is 1. The minimum atomic E-state index is -0.573. The molecular formula is C21H27ClN2O3. The molecule has 0 saturated heterocycles. The van der Waals surface area contributed by atoms with E-state index in [4.69, 9.17) is 22.1 Å². The molecule has 0 radical (unpaired) electrons. The van der Waals surface area contributed by atoms with E-state index in [1.165, 1.54) is 50.7 Å². The Morgan fingerprint density at radius 2 is 1.81 bits per heavy atom. The fourth-order valence-electron chi connectivity index (χ4n) is 6.03. The first kappa shape index (κ1) is 18.6. The minimum absolute atomic E-state index is 0.114. The predicted molar refractivity (Wildman–Crippen MR) is 104 cm³/mol. The van der Waals surface area contributed by atoms with Gasteiger partial charge in [-0.15, -0.1) is 0 Å². The Hall–Kier alpha value is -1.75. The summed E-state index contributed by atoms with van der Waals surface area (Å²) in [4.78, 5) is 24.5. The first-order valence-electron chi connectivity index (χ1n) is 9.86. The third-order valence-corrected chi connectivity index (χ3v) is 7.29. The number of nitrogens with one attached hydrogen (secondary N) is 1. The summed E-state index contributed by atoms with van der Waals surface area (Å²) >= 11 is 5.86. The van der Waals surface area contributed by atoms with Gasteiger partial charge in [-0.1, -0.05) is 11.6 Å². The molecule has 0 aliphatic heterocycles. The molecule has 27 heavy (non-hydrogen) atoms. The Bertz CT molecular complexity index is 729. The van der Waals surface area contributed by atoms with Crippen LogP contribution in [0.1, 0.15) is 55.8 Å². The van der Waals surface area contributed by atoms with Gasteiger partial charge < -0.3 is 15.8 Å². The van der Waals surface area contributed by atoms with Crippen molar-refractivity contribution in [1.29, 1.82) is 0 Å². The van der Waals surface area contributed by atoms with Gasteiger partial charge in [-0.05, 0) is 86.8 Å². The molecule has 0 spiro atoms. The maximum atomic E-state index is 12.4. The molecule has 4 fully saturated rings. The van der Waals surface area contributed by atoms with Crippen molar-refractivity contribution in [3.05, 3.63) is 28.8 Å². The second-order valence-corrected chi connectivity index (χ2v) is 9.29. The molecule has 6 heteroatoms. The maximum absolute atomic E-state index is 12.4. The molecule has 3 N–H and O–H groups in total. The number of hydrogen-bond donors (Lipinski definition) is 2. The Balaban J connectivity index is 1.31. The second-order valence-electron chi connectivity index (χ2n) is 8.88. The highest BCUT2D eigenvalue weighted by atomic mass is 35.5. The molecule has 0 heterocycles. The summed E-state index contributed by atoms with van der Waals surface area (Å²) in [5.74, 6) is 1.70. The van der Waals surface area contributed by atoms with Crippen LogP contribution in [-0.2, 0) is 9.53 Å². The second kappa shape index (κ2) is 7.01. The van der Waals surface area contributed by atoms with Gasteiger partial charge in [0.05, 0.1) is 16.3 Å². The molecular weight excluding hydrogens is 364 g/mol. The van der Waals surface area contributed by atoms with E-state index in [2.05, 4.69) is 12.2 Å². The molecule has 4 aliphatic rings. The lowest BCUT2D eigenvalue weighted by Gasteiger charge is -2.59. The summed E-state index contributed by atoms with van der Waals surface area (Å²) in [6, 6.07) is 4.66. The molecule has 5 nitrogen and oxygen atoms in total. The van der Waals surface area contributed by atoms with Crippen molar-refractivity contribution >= 4 is 29.2 Å². The number of benzene rings is 1. The SMILES string of the molecule is C[C@@H](NC(=O)COC(=O)c1ccc(Cl)c(N)c1)C12CC3CC(CC(C3)C1)C2. The Morgan fingerprint density at radius 1 is 1.22 bits per heavy atom. The van der Waals surface area contributed by atoms with Gasteiger partial charge in [0, 0.05) is 6.04 Å². The van der Waals surface area contributed by atoms with Crippen LogP contribution in [-0.4, -0.2) is 24.5 Å².